The van der Waals surface area contributed by atoms with Crippen molar-refractivity contribution < 1.29 is 14.3 Å². The topological polar surface area (TPSA) is 58.6 Å². The fourth-order valence-electron chi connectivity index (χ4n) is 3.60. The zero-order chi connectivity index (χ0) is 18.6. The molecule has 0 radical (unpaired) electrons. The zero-order valence-electron chi connectivity index (χ0n) is 15.2. The highest BCUT2D eigenvalue weighted by Crippen LogP contribution is 2.35. The maximum Gasteiger partial charge on any atom is 0.325 e. The Morgan fingerprint density at radius 3 is 2.19 bits per heavy atom. The van der Waals surface area contributed by atoms with Crippen molar-refractivity contribution in [2.75, 3.05) is 20.7 Å². The van der Waals surface area contributed by atoms with Crippen molar-refractivity contribution in [1.82, 2.24) is 10.2 Å². The van der Waals surface area contributed by atoms with E-state index in [-0.39, 0.29) is 12.5 Å². The number of rotatable bonds is 6. The Labute approximate surface area is 154 Å². The fraction of sp³-hybridized carbons (Fsp3) is 0.333. The molecule has 5 heteroatoms. The summed E-state index contributed by atoms with van der Waals surface area (Å²) in [5.74, 6) is -0.591. The molecule has 0 unspecified atom stereocenters. The van der Waals surface area contributed by atoms with Crippen LogP contribution in [0.25, 0.3) is 0 Å². The second kappa shape index (κ2) is 7.70. The molecule has 0 saturated heterocycles. The number of nitrogens with zero attached hydrogens (tertiary/aromatic N) is 1. The van der Waals surface area contributed by atoms with Crippen LogP contribution in [0, 0.1) is 0 Å². The van der Waals surface area contributed by atoms with Gasteiger partial charge in [0.25, 0.3) is 0 Å². The van der Waals surface area contributed by atoms with Crippen LogP contribution >= 0.6 is 0 Å². The average Bonchev–Trinajstić information content (AvgIpc) is 3.07. The van der Waals surface area contributed by atoms with Gasteiger partial charge in [-0.05, 0) is 23.7 Å². The lowest BCUT2D eigenvalue weighted by Crippen LogP contribution is -2.58. The Morgan fingerprint density at radius 2 is 1.62 bits per heavy atom. The number of methoxy groups -OCH3 is 1. The largest absolute Gasteiger partial charge is 0.468 e. The van der Waals surface area contributed by atoms with Gasteiger partial charge < -0.3 is 10.1 Å². The molecule has 0 heterocycles. The minimum absolute atomic E-state index is 0.118. The van der Waals surface area contributed by atoms with Crippen LogP contribution in [0.2, 0.25) is 0 Å². The van der Waals surface area contributed by atoms with Gasteiger partial charge in [0, 0.05) is 19.4 Å². The van der Waals surface area contributed by atoms with Crippen LogP contribution in [0.3, 0.4) is 0 Å². The van der Waals surface area contributed by atoms with Crippen LogP contribution < -0.4 is 5.32 Å². The molecule has 1 aliphatic carbocycles. The molecule has 0 bridgehead atoms. The maximum absolute atomic E-state index is 13.1. The lowest BCUT2D eigenvalue weighted by atomic mass is 9.91. The van der Waals surface area contributed by atoms with Crippen molar-refractivity contribution in [3.8, 4) is 0 Å². The molecule has 136 valence electrons. The lowest BCUT2D eigenvalue weighted by molar-refractivity contribution is -0.143. The quantitative estimate of drug-likeness (QED) is 0.808. The Kier molecular flexibility index (Phi) is 5.38. The Balaban J connectivity index is 1.85. The molecule has 5 nitrogen and oxygen atoms in total. The number of benzene rings is 2. The number of ether oxygens (including phenoxy) is 1. The van der Waals surface area contributed by atoms with E-state index in [9.17, 15) is 9.59 Å². The van der Waals surface area contributed by atoms with E-state index < -0.39 is 11.5 Å². The van der Waals surface area contributed by atoms with Gasteiger partial charge in [0.15, 0.2) is 0 Å². The van der Waals surface area contributed by atoms with E-state index in [4.69, 9.17) is 0 Å². The number of nitrogens with one attached hydrogen (secondary N) is 1. The van der Waals surface area contributed by atoms with Gasteiger partial charge in [0.2, 0.25) is 5.91 Å². The number of likely N-dealkylation sites (N-methyl/N-ethyl adjacent to an activating group) is 1. The minimum Gasteiger partial charge on any atom is -0.468 e. The first-order chi connectivity index (χ1) is 12.5. The van der Waals surface area contributed by atoms with Crippen LogP contribution in [0.5, 0.6) is 0 Å². The van der Waals surface area contributed by atoms with Crippen LogP contribution in [0.15, 0.2) is 54.6 Å². The first-order valence-electron chi connectivity index (χ1n) is 8.72. The predicted octanol–water partition coefficient (Wildman–Crippen LogP) is 1.95. The van der Waals surface area contributed by atoms with E-state index in [1.54, 1.807) is 0 Å². The fourth-order valence-corrected chi connectivity index (χ4v) is 3.60. The Morgan fingerprint density at radius 1 is 1.04 bits per heavy atom. The number of carbonyl (C=O) groups excluding carboxylic acids is 2. The van der Waals surface area contributed by atoms with Crippen molar-refractivity contribution in [2.24, 2.45) is 0 Å². The minimum atomic E-state index is -0.715. The number of esters is 1. The van der Waals surface area contributed by atoms with E-state index in [1.165, 1.54) is 18.2 Å². The SMILES string of the molecule is COC(=O)CNC(=O)C1(N(C)Cc2ccccc2)Cc2ccccc2C1. The van der Waals surface area contributed by atoms with Crippen molar-refractivity contribution in [3.05, 3.63) is 71.3 Å². The Bertz CT molecular complexity index is 764. The molecule has 2 aromatic rings. The third-order valence-electron chi connectivity index (χ3n) is 5.12. The molecule has 1 aliphatic rings. The van der Waals surface area contributed by atoms with Gasteiger partial charge >= 0.3 is 5.97 Å². The summed E-state index contributed by atoms with van der Waals surface area (Å²) >= 11 is 0. The van der Waals surface area contributed by atoms with Crippen LogP contribution in [0.4, 0.5) is 0 Å². The average molecular weight is 352 g/mol. The van der Waals surface area contributed by atoms with Crippen molar-refractivity contribution in [1.29, 1.82) is 0 Å². The van der Waals surface area contributed by atoms with Crippen molar-refractivity contribution >= 4 is 11.9 Å². The van der Waals surface area contributed by atoms with Gasteiger partial charge in [-0.15, -0.1) is 0 Å². The molecule has 3 rings (SSSR count). The molecule has 1 N–H and O–H groups in total. The first-order valence-corrected chi connectivity index (χ1v) is 8.72. The molecule has 0 fully saturated rings. The van der Waals surface area contributed by atoms with Gasteiger partial charge in [-0.25, -0.2) is 0 Å². The molecular weight excluding hydrogens is 328 g/mol. The summed E-state index contributed by atoms with van der Waals surface area (Å²) in [4.78, 5) is 26.7. The van der Waals surface area contributed by atoms with E-state index in [1.807, 2.05) is 37.4 Å². The van der Waals surface area contributed by atoms with Crippen LogP contribution in [0.1, 0.15) is 16.7 Å². The highest BCUT2D eigenvalue weighted by Gasteiger charge is 2.46. The summed E-state index contributed by atoms with van der Waals surface area (Å²) in [6, 6.07) is 18.2. The normalized spacial score (nSPS) is 14.7. The van der Waals surface area contributed by atoms with Gasteiger partial charge in [-0.2, -0.15) is 0 Å². The molecule has 0 saturated carbocycles. The summed E-state index contributed by atoms with van der Waals surface area (Å²) < 4.78 is 4.65. The number of hydrogen-bond donors (Lipinski definition) is 1. The molecule has 0 atom stereocenters. The third-order valence-corrected chi connectivity index (χ3v) is 5.12. The lowest BCUT2D eigenvalue weighted by Gasteiger charge is -2.37. The zero-order valence-corrected chi connectivity index (χ0v) is 15.2. The first kappa shape index (κ1) is 18.1. The number of hydrogen-bond acceptors (Lipinski definition) is 4. The third kappa shape index (κ3) is 3.63. The molecule has 0 aromatic heterocycles. The number of amides is 1. The number of carbonyl (C=O) groups is 2. The van der Waals surface area contributed by atoms with E-state index >= 15 is 0 Å². The molecule has 2 aromatic carbocycles. The highest BCUT2D eigenvalue weighted by molar-refractivity contribution is 5.90. The Hall–Kier alpha value is -2.66. The van der Waals surface area contributed by atoms with E-state index in [2.05, 4.69) is 39.2 Å². The molecule has 26 heavy (non-hydrogen) atoms. The van der Waals surface area contributed by atoms with E-state index in [0.29, 0.717) is 19.4 Å². The summed E-state index contributed by atoms with van der Waals surface area (Å²) in [5.41, 5.74) is 2.79. The predicted molar refractivity (Wildman–Crippen MR) is 99.5 cm³/mol. The molecule has 0 aliphatic heterocycles. The number of fused-ring (bicyclic) bond motifs is 1. The summed E-state index contributed by atoms with van der Waals surface area (Å²) in [6.07, 6.45) is 1.25. The standard InChI is InChI=1S/C21H24N2O3/c1-23(15-16-8-4-3-5-9-16)21(20(25)22-14-19(24)26-2)12-17-10-6-7-11-18(17)13-21/h3-11H,12-15H2,1-2H3,(H,22,25). The second-order valence-corrected chi connectivity index (χ2v) is 6.75. The van der Waals surface area contributed by atoms with Crippen molar-refractivity contribution in [2.45, 2.75) is 24.9 Å². The highest BCUT2D eigenvalue weighted by atomic mass is 16.5. The molecule has 0 spiro atoms. The summed E-state index contributed by atoms with van der Waals surface area (Å²) in [7, 11) is 3.29. The monoisotopic (exact) mass is 352 g/mol. The second-order valence-electron chi connectivity index (χ2n) is 6.75. The summed E-state index contributed by atoms with van der Waals surface area (Å²) in [6.45, 7) is 0.535. The maximum atomic E-state index is 13.1. The van der Waals surface area contributed by atoms with Crippen LogP contribution in [-0.4, -0.2) is 43.0 Å². The van der Waals surface area contributed by atoms with Crippen molar-refractivity contribution in [3.63, 3.8) is 0 Å². The smallest absolute Gasteiger partial charge is 0.325 e. The van der Waals surface area contributed by atoms with Gasteiger partial charge in [0.05, 0.1) is 7.11 Å². The van der Waals surface area contributed by atoms with E-state index in [0.717, 1.165) is 5.56 Å². The molecule has 1 amide bonds. The van der Waals surface area contributed by atoms with Gasteiger partial charge in [-0.3, -0.25) is 14.5 Å². The van der Waals surface area contributed by atoms with Gasteiger partial charge in [-0.1, -0.05) is 54.6 Å². The summed E-state index contributed by atoms with van der Waals surface area (Å²) in [5, 5.41) is 2.76. The molecular formula is C21H24N2O3. The van der Waals surface area contributed by atoms with Gasteiger partial charge in [0.1, 0.15) is 12.1 Å². The van der Waals surface area contributed by atoms with Crippen LogP contribution in [-0.2, 0) is 33.7 Å².